The van der Waals surface area contributed by atoms with E-state index < -0.39 is 35.7 Å². The number of carboxylic acids is 1. The highest BCUT2D eigenvalue weighted by molar-refractivity contribution is 5.90. The molecular formula is C21H23FN2O4. The Morgan fingerprint density at radius 2 is 1.61 bits per heavy atom. The van der Waals surface area contributed by atoms with E-state index in [0.717, 1.165) is 11.1 Å². The van der Waals surface area contributed by atoms with Gasteiger partial charge in [-0.3, -0.25) is 9.59 Å². The number of nitrogens with one attached hydrogen (secondary N) is 2. The number of hydrogen-bond acceptors (Lipinski definition) is 3. The van der Waals surface area contributed by atoms with Gasteiger partial charge in [-0.2, -0.15) is 0 Å². The molecule has 0 saturated heterocycles. The molecule has 0 aromatic heterocycles. The molecule has 0 spiro atoms. The van der Waals surface area contributed by atoms with E-state index in [4.69, 9.17) is 0 Å². The molecule has 0 saturated carbocycles. The normalized spacial score (nSPS) is 12.7. The van der Waals surface area contributed by atoms with Crippen LogP contribution in [0.4, 0.5) is 4.39 Å². The topological polar surface area (TPSA) is 95.5 Å². The molecule has 2 amide bonds. The van der Waals surface area contributed by atoms with Crippen molar-refractivity contribution in [2.45, 2.75) is 38.8 Å². The van der Waals surface area contributed by atoms with Crippen LogP contribution in [0.2, 0.25) is 0 Å². The summed E-state index contributed by atoms with van der Waals surface area (Å²) in [5, 5.41) is 14.4. The Hall–Kier alpha value is -3.22. The zero-order valence-corrected chi connectivity index (χ0v) is 15.7. The summed E-state index contributed by atoms with van der Waals surface area (Å²) < 4.78 is 13.4. The third-order valence-electron chi connectivity index (χ3n) is 4.20. The first-order valence-corrected chi connectivity index (χ1v) is 8.85. The van der Waals surface area contributed by atoms with E-state index in [9.17, 15) is 23.9 Å². The van der Waals surface area contributed by atoms with E-state index in [1.165, 1.54) is 25.1 Å². The van der Waals surface area contributed by atoms with Crippen LogP contribution >= 0.6 is 0 Å². The highest BCUT2D eigenvalue weighted by Gasteiger charge is 2.26. The summed E-state index contributed by atoms with van der Waals surface area (Å²) in [5.74, 6) is -2.72. The van der Waals surface area contributed by atoms with Crippen molar-refractivity contribution in [1.29, 1.82) is 0 Å². The van der Waals surface area contributed by atoms with E-state index in [2.05, 4.69) is 10.6 Å². The van der Waals surface area contributed by atoms with Crippen LogP contribution < -0.4 is 10.6 Å². The number of halogens is 1. The van der Waals surface area contributed by atoms with Crippen molar-refractivity contribution in [3.05, 3.63) is 71.0 Å². The van der Waals surface area contributed by atoms with Gasteiger partial charge >= 0.3 is 5.97 Å². The lowest BCUT2D eigenvalue weighted by molar-refractivity contribution is -0.142. The van der Waals surface area contributed by atoms with Gasteiger partial charge in [0.05, 0.1) is 0 Å². The van der Waals surface area contributed by atoms with Crippen molar-refractivity contribution >= 4 is 17.8 Å². The fourth-order valence-corrected chi connectivity index (χ4v) is 2.79. The molecule has 0 bridgehead atoms. The van der Waals surface area contributed by atoms with Gasteiger partial charge in [-0.25, -0.2) is 9.18 Å². The summed E-state index contributed by atoms with van der Waals surface area (Å²) in [7, 11) is 0. The van der Waals surface area contributed by atoms with Gasteiger partial charge < -0.3 is 15.7 Å². The van der Waals surface area contributed by atoms with Crippen molar-refractivity contribution in [2.75, 3.05) is 0 Å². The number of aliphatic carboxylic acids is 1. The number of benzene rings is 2. The second-order valence-electron chi connectivity index (χ2n) is 6.68. The van der Waals surface area contributed by atoms with E-state index in [1.54, 1.807) is 18.2 Å². The van der Waals surface area contributed by atoms with Gasteiger partial charge in [-0.15, -0.1) is 0 Å². The minimum absolute atomic E-state index is 0.0417. The minimum Gasteiger partial charge on any atom is -0.480 e. The number of carbonyl (C=O) groups excluding carboxylic acids is 2. The molecule has 0 fully saturated rings. The molecule has 0 radical (unpaired) electrons. The molecule has 0 aliphatic heterocycles. The fraction of sp³-hybridized carbons (Fsp3) is 0.286. The lowest BCUT2D eigenvalue weighted by Gasteiger charge is -2.21. The van der Waals surface area contributed by atoms with Crippen molar-refractivity contribution in [2.24, 2.45) is 0 Å². The third-order valence-corrected chi connectivity index (χ3v) is 4.20. The third kappa shape index (κ3) is 6.50. The van der Waals surface area contributed by atoms with Gasteiger partial charge in [0.15, 0.2) is 0 Å². The number of rotatable bonds is 8. The van der Waals surface area contributed by atoms with Gasteiger partial charge in [0.2, 0.25) is 11.8 Å². The van der Waals surface area contributed by atoms with Crippen LogP contribution in [0.1, 0.15) is 23.6 Å². The Bertz CT molecular complexity index is 852. The Morgan fingerprint density at radius 1 is 0.964 bits per heavy atom. The molecule has 0 unspecified atom stereocenters. The Morgan fingerprint density at radius 3 is 2.18 bits per heavy atom. The summed E-state index contributed by atoms with van der Waals surface area (Å²) in [5.41, 5.74) is 2.32. The fourth-order valence-electron chi connectivity index (χ4n) is 2.79. The number of carboxylic acid groups (broad SMARTS) is 1. The van der Waals surface area contributed by atoms with Crippen LogP contribution in [-0.4, -0.2) is 35.0 Å². The van der Waals surface area contributed by atoms with Crippen molar-refractivity contribution in [3.63, 3.8) is 0 Å². The Kier molecular flexibility index (Phi) is 7.26. The summed E-state index contributed by atoms with van der Waals surface area (Å²) in [6.45, 7) is 3.18. The smallest absolute Gasteiger partial charge is 0.326 e. The van der Waals surface area contributed by atoms with Crippen LogP contribution in [0, 0.1) is 12.7 Å². The zero-order valence-electron chi connectivity index (χ0n) is 15.7. The maximum absolute atomic E-state index is 13.4. The Balaban J connectivity index is 2.12. The summed E-state index contributed by atoms with van der Waals surface area (Å²) in [4.78, 5) is 35.7. The molecule has 148 valence electrons. The molecule has 2 atom stereocenters. The quantitative estimate of drug-likeness (QED) is 0.647. The molecular weight excluding hydrogens is 363 g/mol. The molecule has 2 aromatic carbocycles. The standard InChI is InChI=1S/C21H23FN2O4/c1-13-6-8-15(9-7-13)11-19(21(27)28)24-20(26)18(23-14(2)25)12-16-4-3-5-17(22)10-16/h3-10,18-19H,11-12H2,1-2H3,(H,23,25)(H,24,26)(H,27,28)/t18-,19+/m1/s1. The van der Waals surface area contributed by atoms with Crippen LogP contribution in [-0.2, 0) is 27.2 Å². The average Bonchev–Trinajstić information content (AvgIpc) is 2.62. The first kappa shape index (κ1) is 21.1. The highest BCUT2D eigenvalue weighted by atomic mass is 19.1. The second-order valence-corrected chi connectivity index (χ2v) is 6.68. The SMILES string of the molecule is CC(=O)N[C@H](Cc1cccc(F)c1)C(=O)N[C@@H](Cc1ccc(C)cc1)C(=O)O. The molecule has 0 aliphatic rings. The summed E-state index contributed by atoms with van der Waals surface area (Å²) in [6, 6.07) is 10.8. The summed E-state index contributed by atoms with van der Waals surface area (Å²) in [6.07, 6.45) is 0.147. The molecule has 0 heterocycles. The lowest BCUT2D eigenvalue weighted by Crippen LogP contribution is -2.52. The van der Waals surface area contributed by atoms with Gasteiger partial charge in [0.25, 0.3) is 0 Å². The van der Waals surface area contributed by atoms with Gasteiger partial charge in [0.1, 0.15) is 17.9 Å². The maximum atomic E-state index is 13.4. The van der Waals surface area contributed by atoms with Crippen LogP contribution in [0.3, 0.4) is 0 Å². The molecule has 2 aromatic rings. The van der Waals surface area contributed by atoms with Crippen molar-refractivity contribution < 1.29 is 23.9 Å². The number of aryl methyl sites for hydroxylation is 1. The molecule has 7 heteroatoms. The lowest BCUT2D eigenvalue weighted by atomic mass is 10.0. The van der Waals surface area contributed by atoms with Crippen LogP contribution in [0.15, 0.2) is 48.5 Å². The zero-order chi connectivity index (χ0) is 20.7. The van der Waals surface area contributed by atoms with E-state index in [1.807, 2.05) is 19.1 Å². The Labute approximate surface area is 162 Å². The number of carbonyl (C=O) groups is 3. The van der Waals surface area contributed by atoms with E-state index >= 15 is 0 Å². The van der Waals surface area contributed by atoms with Gasteiger partial charge in [0, 0.05) is 19.8 Å². The van der Waals surface area contributed by atoms with E-state index in [-0.39, 0.29) is 12.8 Å². The second kappa shape index (κ2) is 9.64. The number of hydrogen-bond donors (Lipinski definition) is 3. The monoisotopic (exact) mass is 386 g/mol. The van der Waals surface area contributed by atoms with E-state index in [0.29, 0.717) is 5.56 Å². The van der Waals surface area contributed by atoms with Crippen molar-refractivity contribution in [1.82, 2.24) is 10.6 Å². The highest BCUT2D eigenvalue weighted by Crippen LogP contribution is 2.09. The molecule has 0 aliphatic carbocycles. The molecule has 6 nitrogen and oxygen atoms in total. The maximum Gasteiger partial charge on any atom is 0.326 e. The minimum atomic E-state index is -1.18. The number of amides is 2. The van der Waals surface area contributed by atoms with Crippen LogP contribution in [0.25, 0.3) is 0 Å². The molecule has 28 heavy (non-hydrogen) atoms. The van der Waals surface area contributed by atoms with Crippen LogP contribution in [0.5, 0.6) is 0 Å². The average molecular weight is 386 g/mol. The first-order chi connectivity index (χ1) is 13.2. The predicted octanol–water partition coefficient (Wildman–Crippen LogP) is 1.99. The van der Waals surface area contributed by atoms with Gasteiger partial charge in [-0.05, 0) is 30.2 Å². The first-order valence-electron chi connectivity index (χ1n) is 8.85. The largest absolute Gasteiger partial charge is 0.480 e. The summed E-state index contributed by atoms with van der Waals surface area (Å²) >= 11 is 0. The molecule has 2 rings (SSSR count). The van der Waals surface area contributed by atoms with Gasteiger partial charge in [-0.1, -0.05) is 42.0 Å². The molecule has 3 N–H and O–H groups in total. The van der Waals surface area contributed by atoms with Crippen molar-refractivity contribution in [3.8, 4) is 0 Å². The predicted molar refractivity (Wildman–Crippen MR) is 102 cm³/mol.